The van der Waals surface area contributed by atoms with Gasteiger partial charge in [-0.05, 0) is 29.5 Å². The zero-order chi connectivity index (χ0) is 18.9. The fourth-order valence-electron chi connectivity index (χ4n) is 2.41. The van der Waals surface area contributed by atoms with Crippen LogP contribution in [0.25, 0.3) is 0 Å². The van der Waals surface area contributed by atoms with Gasteiger partial charge >= 0.3 is 0 Å². The van der Waals surface area contributed by atoms with Crippen LogP contribution in [-0.4, -0.2) is 41.5 Å². The van der Waals surface area contributed by atoms with Crippen molar-refractivity contribution in [3.8, 4) is 12.3 Å². The van der Waals surface area contributed by atoms with Crippen LogP contribution in [0, 0.1) is 17.8 Å². The van der Waals surface area contributed by atoms with Crippen LogP contribution in [0.15, 0.2) is 24.3 Å². The molecule has 1 unspecified atom stereocenters. The molecule has 2 rings (SSSR count). The van der Waals surface area contributed by atoms with E-state index in [-0.39, 0.29) is 17.4 Å². The summed E-state index contributed by atoms with van der Waals surface area (Å²) in [6.07, 6.45) is 6.85. The molecule has 1 aliphatic heterocycles. The average molecular weight is 344 g/mol. The van der Waals surface area contributed by atoms with E-state index in [1.807, 2.05) is 24.3 Å². The standard InChI is InChI=1S/C10H19NO2.C10H9NO/c1-10(2,3)6-9(13)11-5-4-8(12)7-11;1-2-9-3-5-10(6-4-9)7-11-8-12/h8,12H,4-7H2,1-3H3;1,3-6,8H,7H2,(H,11,12). The number of terminal acetylenes is 1. The Morgan fingerprint density at radius 2 is 2.04 bits per heavy atom. The van der Waals surface area contributed by atoms with Crippen molar-refractivity contribution in [3.63, 3.8) is 0 Å². The molecule has 2 N–H and O–H groups in total. The minimum atomic E-state index is -0.302. The van der Waals surface area contributed by atoms with Gasteiger partial charge < -0.3 is 15.3 Å². The predicted octanol–water partition coefficient (Wildman–Crippen LogP) is 1.93. The number of nitrogens with one attached hydrogen (secondary N) is 1. The van der Waals surface area contributed by atoms with Crippen LogP contribution in [-0.2, 0) is 16.1 Å². The lowest BCUT2D eigenvalue weighted by Crippen LogP contribution is -2.32. The lowest BCUT2D eigenvalue weighted by molar-refractivity contribution is -0.132. The Labute approximate surface area is 150 Å². The smallest absolute Gasteiger partial charge is 0.223 e. The molecule has 1 atom stereocenters. The summed E-state index contributed by atoms with van der Waals surface area (Å²) >= 11 is 0. The number of aliphatic hydroxyl groups excluding tert-OH is 1. The minimum absolute atomic E-state index is 0.0463. The second-order valence-electron chi connectivity index (χ2n) is 7.36. The zero-order valence-electron chi connectivity index (χ0n) is 15.3. The first-order valence-electron chi connectivity index (χ1n) is 8.43. The molecular weight excluding hydrogens is 316 g/mol. The highest BCUT2D eigenvalue weighted by Gasteiger charge is 2.27. The molecule has 1 aromatic carbocycles. The van der Waals surface area contributed by atoms with Crippen LogP contribution in [0.2, 0.25) is 0 Å². The largest absolute Gasteiger partial charge is 0.391 e. The van der Waals surface area contributed by atoms with Gasteiger partial charge in [-0.25, -0.2) is 0 Å². The van der Waals surface area contributed by atoms with E-state index in [1.54, 1.807) is 4.90 Å². The maximum Gasteiger partial charge on any atom is 0.223 e. The van der Waals surface area contributed by atoms with Crippen molar-refractivity contribution < 1.29 is 14.7 Å². The second-order valence-corrected chi connectivity index (χ2v) is 7.36. The fraction of sp³-hybridized carbons (Fsp3) is 0.500. The van der Waals surface area contributed by atoms with Crippen LogP contribution < -0.4 is 5.32 Å². The first-order valence-corrected chi connectivity index (χ1v) is 8.43. The topological polar surface area (TPSA) is 69.6 Å². The SMILES string of the molecule is C#Cc1ccc(CNC=O)cc1.CC(C)(C)CC(=O)N1CCC(O)C1. The third kappa shape index (κ3) is 8.37. The van der Waals surface area contributed by atoms with Gasteiger partial charge in [0.05, 0.1) is 6.10 Å². The van der Waals surface area contributed by atoms with Crippen molar-refractivity contribution in [2.45, 2.75) is 46.3 Å². The fourth-order valence-corrected chi connectivity index (χ4v) is 2.41. The van der Waals surface area contributed by atoms with E-state index in [2.05, 4.69) is 32.0 Å². The first-order chi connectivity index (χ1) is 11.7. The number of carbonyl (C=O) groups is 2. The summed E-state index contributed by atoms with van der Waals surface area (Å²) in [4.78, 5) is 23.3. The molecule has 1 fully saturated rings. The lowest BCUT2D eigenvalue weighted by atomic mass is 9.92. The number of likely N-dealkylation sites (tertiary alicyclic amines) is 1. The van der Waals surface area contributed by atoms with Gasteiger partial charge in [0.1, 0.15) is 0 Å². The highest BCUT2D eigenvalue weighted by atomic mass is 16.3. The number of hydrogen-bond acceptors (Lipinski definition) is 3. The number of aliphatic hydroxyl groups is 1. The molecule has 5 nitrogen and oxygen atoms in total. The van der Waals surface area contributed by atoms with Crippen LogP contribution >= 0.6 is 0 Å². The molecule has 136 valence electrons. The van der Waals surface area contributed by atoms with Gasteiger partial charge in [-0.1, -0.05) is 38.8 Å². The number of hydrogen-bond donors (Lipinski definition) is 2. The summed E-state index contributed by atoms with van der Waals surface area (Å²) in [5.74, 6) is 2.69. The molecular formula is C20H28N2O3. The molecule has 2 amide bonds. The summed E-state index contributed by atoms with van der Waals surface area (Å²) in [7, 11) is 0. The Balaban J connectivity index is 0.000000251. The Hall–Kier alpha value is -2.32. The van der Waals surface area contributed by atoms with Gasteiger partial charge in [0.2, 0.25) is 12.3 Å². The molecule has 0 bridgehead atoms. The number of rotatable bonds is 4. The van der Waals surface area contributed by atoms with Crippen molar-refractivity contribution in [2.75, 3.05) is 13.1 Å². The van der Waals surface area contributed by atoms with E-state index < -0.39 is 0 Å². The van der Waals surface area contributed by atoms with Gasteiger partial charge in [-0.15, -0.1) is 6.42 Å². The number of carbonyl (C=O) groups excluding carboxylic acids is 2. The molecule has 0 aliphatic carbocycles. The second kappa shape index (κ2) is 9.85. The highest BCUT2D eigenvalue weighted by Crippen LogP contribution is 2.21. The maximum atomic E-state index is 11.6. The van der Waals surface area contributed by atoms with Crippen molar-refractivity contribution in [1.29, 1.82) is 0 Å². The van der Waals surface area contributed by atoms with Crippen molar-refractivity contribution >= 4 is 12.3 Å². The average Bonchev–Trinajstić information content (AvgIpc) is 2.99. The van der Waals surface area contributed by atoms with Crippen molar-refractivity contribution in [2.24, 2.45) is 5.41 Å². The molecule has 0 saturated carbocycles. The summed E-state index contributed by atoms with van der Waals surface area (Å²) in [6.45, 7) is 7.95. The summed E-state index contributed by atoms with van der Waals surface area (Å²) in [5.41, 5.74) is 1.94. The predicted molar refractivity (Wildman–Crippen MR) is 98.6 cm³/mol. The van der Waals surface area contributed by atoms with Crippen molar-refractivity contribution in [3.05, 3.63) is 35.4 Å². The first kappa shape index (κ1) is 20.7. The van der Waals surface area contributed by atoms with E-state index in [4.69, 9.17) is 6.42 Å². The van der Waals surface area contributed by atoms with E-state index in [0.29, 0.717) is 25.9 Å². The van der Waals surface area contributed by atoms with E-state index >= 15 is 0 Å². The number of β-amino-alcohol motifs (C(OH)–C–C–N with tert-alkyl or cyclic N) is 1. The Morgan fingerprint density at radius 1 is 1.40 bits per heavy atom. The molecule has 0 spiro atoms. The molecule has 1 heterocycles. The maximum absolute atomic E-state index is 11.6. The molecule has 0 radical (unpaired) electrons. The highest BCUT2D eigenvalue weighted by molar-refractivity contribution is 5.77. The minimum Gasteiger partial charge on any atom is -0.391 e. The lowest BCUT2D eigenvalue weighted by Gasteiger charge is -2.22. The normalized spacial score (nSPS) is 16.4. The van der Waals surface area contributed by atoms with E-state index in [9.17, 15) is 14.7 Å². The summed E-state index contributed by atoms with van der Waals surface area (Å²) in [6, 6.07) is 7.49. The Morgan fingerprint density at radius 3 is 2.48 bits per heavy atom. The number of nitrogens with zero attached hydrogens (tertiary/aromatic N) is 1. The van der Waals surface area contributed by atoms with Crippen LogP contribution in [0.1, 0.15) is 44.7 Å². The number of amides is 2. The van der Waals surface area contributed by atoms with Gasteiger partial charge in [-0.3, -0.25) is 9.59 Å². The Kier molecular flexibility index (Phi) is 8.17. The van der Waals surface area contributed by atoms with E-state index in [0.717, 1.165) is 24.1 Å². The number of benzene rings is 1. The van der Waals surface area contributed by atoms with Crippen molar-refractivity contribution in [1.82, 2.24) is 10.2 Å². The molecule has 5 heteroatoms. The quantitative estimate of drug-likeness (QED) is 0.648. The van der Waals surface area contributed by atoms with Crippen LogP contribution in [0.5, 0.6) is 0 Å². The van der Waals surface area contributed by atoms with Gasteiger partial charge in [0.25, 0.3) is 0 Å². The molecule has 0 aromatic heterocycles. The third-order valence-corrected chi connectivity index (χ3v) is 3.71. The summed E-state index contributed by atoms with van der Waals surface area (Å²) < 4.78 is 0. The van der Waals surface area contributed by atoms with Gasteiger partial charge in [0.15, 0.2) is 0 Å². The third-order valence-electron chi connectivity index (χ3n) is 3.71. The summed E-state index contributed by atoms with van der Waals surface area (Å²) in [5, 5.41) is 11.8. The van der Waals surface area contributed by atoms with Gasteiger partial charge in [-0.2, -0.15) is 0 Å². The van der Waals surface area contributed by atoms with Gasteiger partial charge in [0, 0.05) is 31.6 Å². The van der Waals surface area contributed by atoms with Crippen LogP contribution in [0.4, 0.5) is 0 Å². The van der Waals surface area contributed by atoms with Crippen LogP contribution in [0.3, 0.4) is 0 Å². The van der Waals surface area contributed by atoms with E-state index in [1.165, 1.54) is 0 Å². The molecule has 1 saturated heterocycles. The molecule has 1 aliphatic rings. The zero-order valence-corrected chi connectivity index (χ0v) is 15.3. The molecule has 25 heavy (non-hydrogen) atoms. The Bertz CT molecular complexity index is 597. The molecule has 1 aromatic rings. The monoisotopic (exact) mass is 344 g/mol.